The minimum Gasteiger partial charge on any atom is -0.493 e. The second kappa shape index (κ2) is 18.3. The third-order valence-corrected chi connectivity index (χ3v) is 11.7. The molecule has 56 heavy (non-hydrogen) atoms. The van der Waals surface area contributed by atoms with Gasteiger partial charge in [-0.05, 0) is 128 Å². The molecule has 2 saturated heterocycles. The van der Waals surface area contributed by atoms with Gasteiger partial charge in [-0.2, -0.15) is 10.5 Å². The molecular weight excluding hydrogens is 722 g/mol. The molecule has 0 unspecified atom stereocenters. The molecule has 9 nitrogen and oxygen atoms in total. The number of nitriles is 2. The average molecular weight is 772 g/mol. The normalized spacial score (nSPS) is 18.2. The topological polar surface area (TPSA) is 120 Å². The van der Waals surface area contributed by atoms with E-state index in [4.69, 9.17) is 25.8 Å². The lowest BCUT2D eigenvalue weighted by Crippen LogP contribution is -2.35. The van der Waals surface area contributed by atoms with E-state index in [2.05, 4.69) is 77.9 Å². The molecule has 0 saturated carbocycles. The standard InChI is InChI=1S/C46H50ClN5O4/c1-30-14-17-52(18-15-30)16-5-19-54-42-9-4-6-37(31(42)2)38-7-3-8-40-39(38)11-12-43(40)56-45-24-44(55-29-34-21-32(25-48)20-33(22-34)26-49)35(23-41(45)47)27-50-28-36-10-13-46(53)51-36/h3-4,6-9,20-24,30,36,43,50H,5,10-19,27-29H2,1-2H3,(H,51,53)/t36-,43+/m1/s1. The summed E-state index contributed by atoms with van der Waals surface area (Å²) in [6, 6.07) is 25.8. The molecule has 10 heteroatoms. The Hall–Kier alpha value is -5.06. The van der Waals surface area contributed by atoms with Crippen LogP contribution in [0.2, 0.25) is 5.02 Å². The second-order valence-corrected chi connectivity index (χ2v) is 15.8. The summed E-state index contributed by atoms with van der Waals surface area (Å²) in [5.41, 5.74) is 8.27. The third kappa shape index (κ3) is 9.48. The van der Waals surface area contributed by atoms with E-state index in [-0.39, 0.29) is 24.7 Å². The Bertz CT molecular complexity index is 2100. The third-order valence-electron chi connectivity index (χ3n) is 11.4. The number of nitrogens with one attached hydrogen (secondary N) is 2. The quantitative estimate of drug-likeness (QED) is 0.115. The molecule has 4 aromatic carbocycles. The van der Waals surface area contributed by atoms with Crippen molar-refractivity contribution in [3.8, 4) is 40.5 Å². The summed E-state index contributed by atoms with van der Waals surface area (Å²) in [7, 11) is 0. The van der Waals surface area contributed by atoms with Crippen molar-refractivity contribution in [2.45, 2.75) is 84.1 Å². The molecular formula is C46H50ClN5O4. The first-order valence-corrected chi connectivity index (χ1v) is 20.3. The molecule has 0 bridgehead atoms. The lowest BCUT2D eigenvalue weighted by Gasteiger charge is -2.30. The fraction of sp³-hybridized carbons (Fsp3) is 0.413. The number of rotatable bonds is 15. The number of carbonyl (C=O) groups excluding carboxylic acids is 1. The van der Waals surface area contributed by atoms with Crippen molar-refractivity contribution in [1.29, 1.82) is 10.5 Å². The van der Waals surface area contributed by atoms with Gasteiger partial charge in [-0.25, -0.2) is 0 Å². The van der Waals surface area contributed by atoms with Crippen LogP contribution in [0.15, 0.2) is 66.7 Å². The van der Waals surface area contributed by atoms with E-state index in [0.717, 1.165) is 60.6 Å². The van der Waals surface area contributed by atoms with Gasteiger partial charge in [0.15, 0.2) is 0 Å². The van der Waals surface area contributed by atoms with E-state index in [1.807, 2.05) is 12.1 Å². The Morgan fingerprint density at radius 1 is 0.893 bits per heavy atom. The van der Waals surface area contributed by atoms with Crippen molar-refractivity contribution in [1.82, 2.24) is 15.5 Å². The van der Waals surface area contributed by atoms with Crippen LogP contribution < -0.4 is 24.8 Å². The molecule has 7 rings (SSSR count). The first-order valence-electron chi connectivity index (χ1n) is 19.9. The molecule has 0 spiro atoms. The minimum atomic E-state index is -0.201. The highest BCUT2D eigenvalue weighted by atomic mass is 35.5. The Balaban J connectivity index is 1.07. The average Bonchev–Trinajstić information content (AvgIpc) is 3.83. The first kappa shape index (κ1) is 39.2. The van der Waals surface area contributed by atoms with Crippen LogP contribution in [0, 0.1) is 35.5 Å². The number of ether oxygens (including phenoxy) is 3. The van der Waals surface area contributed by atoms with E-state index in [9.17, 15) is 15.3 Å². The molecule has 0 radical (unpaired) electrons. The molecule has 2 aliphatic heterocycles. The summed E-state index contributed by atoms with van der Waals surface area (Å²) >= 11 is 6.94. The zero-order valence-corrected chi connectivity index (χ0v) is 33.1. The van der Waals surface area contributed by atoms with E-state index in [1.165, 1.54) is 42.6 Å². The van der Waals surface area contributed by atoms with Crippen molar-refractivity contribution < 1.29 is 19.0 Å². The van der Waals surface area contributed by atoms with Gasteiger partial charge < -0.3 is 29.7 Å². The van der Waals surface area contributed by atoms with Gasteiger partial charge in [-0.3, -0.25) is 4.79 Å². The molecule has 2 heterocycles. The van der Waals surface area contributed by atoms with Gasteiger partial charge in [-0.15, -0.1) is 0 Å². The maximum atomic E-state index is 11.7. The van der Waals surface area contributed by atoms with Crippen LogP contribution in [-0.4, -0.2) is 49.6 Å². The molecule has 290 valence electrons. The zero-order valence-electron chi connectivity index (χ0n) is 32.3. The monoisotopic (exact) mass is 771 g/mol. The van der Waals surface area contributed by atoms with Crippen LogP contribution in [0.25, 0.3) is 11.1 Å². The predicted molar refractivity (Wildman–Crippen MR) is 218 cm³/mol. The SMILES string of the molecule is Cc1c(OCCCN2CCC(C)CC2)cccc1-c1cccc2c1CC[C@@H]2Oc1cc(OCc2cc(C#N)cc(C#N)c2)c(CNC[C@H]2CCC(=O)N2)cc1Cl. The van der Waals surface area contributed by atoms with Gasteiger partial charge in [0.25, 0.3) is 0 Å². The summed E-state index contributed by atoms with van der Waals surface area (Å²) < 4.78 is 19.5. The van der Waals surface area contributed by atoms with Gasteiger partial charge in [-0.1, -0.05) is 48.9 Å². The van der Waals surface area contributed by atoms with Crippen molar-refractivity contribution >= 4 is 17.5 Å². The molecule has 2 N–H and O–H groups in total. The Kier molecular flexibility index (Phi) is 12.8. The van der Waals surface area contributed by atoms with Crippen molar-refractivity contribution in [3.05, 3.63) is 111 Å². The van der Waals surface area contributed by atoms with E-state index >= 15 is 0 Å². The number of nitrogens with zero attached hydrogens (tertiary/aromatic N) is 3. The number of hydrogen-bond donors (Lipinski definition) is 2. The van der Waals surface area contributed by atoms with Crippen LogP contribution in [0.5, 0.6) is 17.2 Å². The van der Waals surface area contributed by atoms with Crippen molar-refractivity contribution in [3.63, 3.8) is 0 Å². The van der Waals surface area contributed by atoms with Crippen molar-refractivity contribution in [2.24, 2.45) is 5.92 Å². The minimum absolute atomic E-state index is 0.0728. The fourth-order valence-electron chi connectivity index (χ4n) is 8.18. The van der Waals surface area contributed by atoms with Crippen LogP contribution in [0.3, 0.4) is 0 Å². The van der Waals surface area contributed by atoms with Crippen LogP contribution in [0.4, 0.5) is 0 Å². The number of hydrogen-bond acceptors (Lipinski definition) is 8. The number of benzene rings is 4. The number of amides is 1. The fourth-order valence-corrected chi connectivity index (χ4v) is 8.41. The lowest BCUT2D eigenvalue weighted by atomic mass is 9.93. The number of fused-ring (bicyclic) bond motifs is 1. The molecule has 0 aromatic heterocycles. The first-order chi connectivity index (χ1) is 27.3. The Morgan fingerprint density at radius 2 is 1.66 bits per heavy atom. The summed E-state index contributed by atoms with van der Waals surface area (Å²) in [6.45, 7) is 9.88. The lowest BCUT2D eigenvalue weighted by molar-refractivity contribution is -0.119. The summed E-state index contributed by atoms with van der Waals surface area (Å²) in [5, 5.41) is 25.9. The predicted octanol–water partition coefficient (Wildman–Crippen LogP) is 8.57. The van der Waals surface area contributed by atoms with Gasteiger partial charge in [0.05, 0.1) is 34.9 Å². The van der Waals surface area contributed by atoms with Crippen LogP contribution in [0.1, 0.15) is 90.5 Å². The number of carbonyl (C=O) groups is 1. The summed E-state index contributed by atoms with van der Waals surface area (Å²) in [6.07, 6.45) is 6.39. The summed E-state index contributed by atoms with van der Waals surface area (Å²) in [5.74, 6) is 2.95. The highest BCUT2D eigenvalue weighted by Crippen LogP contribution is 2.44. The number of halogens is 1. The maximum Gasteiger partial charge on any atom is 0.220 e. The van der Waals surface area contributed by atoms with Crippen molar-refractivity contribution in [2.75, 3.05) is 32.8 Å². The molecule has 3 aliphatic rings. The van der Waals surface area contributed by atoms with E-state index < -0.39 is 0 Å². The van der Waals surface area contributed by atoms with E-state index in [1.54, 1.807) is 18.2 Å². The molecule has 4 aromatic rings. The second-order valence-electron chi connectivity index (χ2n) is 15.4. The van der Waals surface area contributed by atoms with Crippen LogP contribution in [-0.2, 0) is 24.4 Å². The zero-order chi connectivity index (χ0) is 39.0. The Morgan fingerprint density at radius 3 is 2.41 bits per heavy atom. The number of likely N-dealkylation sites (tertiary alicyclic amines) is 1. The molecule has 2 atom stereocenters. The van der Waals surface area contributed by atoms with Crippen LogP contribution >= 0.6 is 11.6 Å². The van der Waals surface area contributed by atoms with Gasteiger partial charge >= 0.3 is 0 Å². The highest BCUT2D eigenvalue weighted by Gasteiger charge is 2.29. The van der Waals surface area contributed by atoms with Gasteiger partial charge in [0.2, 0.25) is 5.91 Å². The van der Waals surface area contributed by atoms with Gasteiger partial charge in [0.1, 0.15) is 30.0 Å². The largest absolute Gasteiger partial charge is 0.493 e. The van der Waals surface area contributed by atoms with E-state index in [0.29, 0.717) is 59.3 Å². The molecule has 1 aliphatic carbocycles. The molecule has 1 amide bonds. The maximum absolute atomic E-state index is 11.7. The number of piperidine rings is 1. The molecule has 2 fully saturated rings. The Labute approximate surface area is 335 Å². The highest BCUT2D eigenvalue weighted by molar-refractivity contribution is 6.32. The van der Waals surface area contributed by atoms with Gasteiger partial charge in [0, 0.05) is 43.7 Å². The smallest absolute Gasteiger partial charge is 0.220 e. The summed E-state index contributed by atoms with van der Waals surface area (Å²) in [4.78, 5) is 14.3.